The van der Waals surface area contributed by atoms with E-state index in [-0.39, 0.29) is 18.2 Å². The van der Waals surface area contributed by atoms with E-state index in [0.717, 1.165) is 0 Å². The molecule has 2 heterocycles. The molecule has 1 unspecified atom stereocenters. The minimum atomic E-state index is -0.485. The number of benzene rings is 1. The van der Waals surface area contributed by atoms with Gasteiger partial charge in [-0.3, -0.25) is 9.59 Å². The predicted molar refractivity (Wildman–Crippen MR) is 90.5 cm³/mol. The van der Waals surface area contributed by atoms with Crippen LogP contribution in [0, 0.1) is 0 Å². The van der Waals surface area contributed by atoms with Gasteiger partial charge in [-0.1, -0.05) is 36.0 Å². The van der Waals surface area contributed by atoms with E-state index in [9.17, 15) is 9.59 Å². The van der Waals surface area contributed by atoms with Gasteiger partial charge in [-0.05, 0) is 24.3 Å². The highest BCUT2D eigenvalue weighted by Crippen LogP contribution is 2.24. The van der Waals surface area contributed by atoms with Gasteiger partial charge < -0.3 is 10.6 Å². The first-order chi connectivity index (χ1) is 11.2. The third kappa shape index (κ3) is 4.17. The third-order valence-electron chi connectivity index (χ3n) is 3.07. The number of amidine groups is 1. The molecule has 23 heavy (non-hydrogen) atoms. The maximum absolute atomic E-state index is 12.0. The summed E-state index contributed by atoms with van der Waals surface area (Å²) in [5, 5.41) is 5.42. The summed E-state index contributed by atoms with van der Waals surface area (Å²) in [5.41, 5.74) is 0.711. The minimum Gasteiger partial charge on any atom is -0.326 e. The number of carbonyl (C=O) groups excluding carboxylic acids is 2. The Morgan fingerprint density at radius 3 is 2.74 bits per heavy atom. The van der Waals surface area contributed by atoms with E-state index in [2.05, 4.69) is 20.6 Å². The summed E-state index contributed by atoms with van der Waals surface area (Å²) >= 11 is 1.24. The second kappa shape index (κ2) is 7.06. The second-order valence-electron chi connectivity index (χ2n) is 4.82. The lowest BCUT2D eigenvalue weighted by atomic mass is 10.2. The van der Waals surface area contributed by atoms with Crippen LogP contribution in [0.4, 0.5) is 11.5 Å². The SMILES string of the molecule is O=C(CC1S/C(=N\c2ccccn2)NC1=O)Nc1ccccc1. The Balaban J connectivity index is 1.60. The van der Waals surface area contributed by atoms with Gasteiger partial charge in [-0.15, -0.1) is 0 Å². The van der Waals surface area contributed by atoms with Crippen LogP contribution in [0.2, 0.25) is 0 Å². The van der Waals surface area contributed by atoms with Crippen LogP contribution >= 0.6 is 11.8 Å². The molecule has 1 saturated heterocycles. The molecule has 2 N–H and O–H groups in total. The van der Waals surface area contributed by atoms with Crippen molar-refractivity contribution in [1.29, 1.82) is 0 Å². The molecular formula is C16H14N4O2S. The van der Waals surface area contributed by atoms with Crippen molar-refractivity contribution < 1.29 is 9.59 Å². The molecule has 1 atom stereocenters. The van der Waals surface area contributed by atoms with Gasteiger partial charge in [0.1, 0.15) is 5.25 Å². The normalized spacial score (nSPS) is 18.7. The van der Waals surface area contributed by atoms with Crippen LogP contribution in [0.15, 0.2) is 59.7 Å². The fraction of sp³-hybridized carbons (Fsp3) is 0.125. The quantitative estimate of drug-likeness (QED) is 0.903. The molecular weight excluding hydrogens is 312 g/mol. The number of carbonyl (C=O) groups is 2. The van der Waals surface area contributed by atoms with Crippen molar-refractivity contribution in [1.82, 2.24) is 10.3 Å². The van der Waals surface area contributed by atoms with E-state index in [1.54, 1.807) is 30.5 Å². The number of thioether (sulfide) groups is 1. The van der Waals surface area contributed by atoms with Crippen LogP contribution in [0.3, 0.4) is 0 Å². The van der Waals surface area contributed by atoms with Gasteiger partial charge in [0.05, 0.1) is 0 Å². The molecule has 0 aliphatic carbocycles. The van der Waals surface area contributed by atoms with Crippen LogP contribution in [0.1, 0.15) is 6.42 Å². The van der Waals surface area contributed by atoms with E-state index >= 15 is 0 Å². The molecule has 6 nitrogen and oxygen atoms in total. The van der Waals surface area contributed by atoms with Crippen molar-refractivity contribution in [3.63, 3.8) is 0 Å². The number of aromatic nitrogens is 1. The van der Waals surface area contributed by atoms with E-state index in [0.29, 0.717) is 16.7 Å². The highest BCUT2D eigenvalue weighted by atomic mass is 32.2. The van der Waals surface area contributed by atoms with Crippen LogP contribution in [0.25, 0.3) is 0 Å². The van der Waals surface area contributed by atoms with Gasteiger partial charge in [0.2, 0.25) is 11.8 Å². The van der Waals surface area contributed by atoms with Crippen LogP contribution in [-0.4, -0.2) is 27.2 Å². The summed E-state index contributed by atoms with van der Waals surface area (Å²) in [6.07, 6.45) is 1.72. The number of aliphatic imine (C=N–C) groups is 1. The molecule has 116 valence electrons. The first-order valence-electron chi connectivity index (χ1n) is 7.03. The molecule has 2 amide bonds. The fourth-order valence-electron chi connectivity index (χ4n) is 2.02. The van der Waals surface area contributed by atoms with Crippen molar-refractivity contribution in [2.45, 2.75) is 11.7 Å². The molecule has 1 aliphatic rings. The Kier molecular flexibility index (Phi) is 4.68. The smallest absolute Gasteiger partial charge is 0.240 e. The van der Waals surface area contributed by atoms with Gasteiger partial charge in [0.15, 0.2) is 11.0 Å². The largest absolute Gasteiger partial charge is 0.326 e. The molecule has 1 aliphatic heterocycles. The van der Waals surface area contributed by atoms with E-state index in [1.165, 1.54) is 11.8 Å². The number of hydrogen-bond donors (Lipinski definition) is 2. The first-order valence-corrected chi connectivity index (χ1v) is 7.91. The Labute approximate surface area is 137 Å². The van der Waals surface area contributed by atoms with Crippen LogP contribution in [0.5, 0.6) is 0 Å². The van der Waals surface area contributed by atoms with Gasteiger partial charge in [0.25, 0.3) is 0 Å². The van der Waals surface area contributed by atoms with Crippen molar-refractivity contribution in [2.75, 3.05) is 5.32 Å². The number of amides is 2. The van der Waals surface area contributed by atoms with E-state index in [4.69, 9.17) is 0 Å². The zero-order chi connectivity index (χ0) is 16.1. The zero-order valence-electron chi connectivity index (χ0n) is 12.1. The standard InChI is InChI=1S/C16H14N4O2S/c21-14(18-11-6-2-1-3-7-11)10-12-15(22)20-16(23-12)19-13-8-4-5-9-17-13/h1-9,12H,10H2,(H,18,21)(H,17,19,20,22). The Bertz CT molecular complexity index is 734. The highest BCUT2D eigenvalue weighted by molar-refractivity contribution is 8.15. The molecule has 0 radical (unpaired) electrons. The molecule has 0 saturated carbocycles. The van der Waals surface area contributed by atoms with Crippen molar-refractivity contribution >= 4 is 40.2 Å². The lowest BCUT2D eigenvalue weighted by molar-refractivity contribution is -0.122. The molecule has 0 bridgehead atoms. The minimum absolute atomic E-state index is 0.0899. The zero-order valence-corrected chi connectivity index (χ0v) is 12.9. The molecule has 3 rings (SSSR count). The molecule has 1 fully saturated rings. The van der Waals surface area contributed by atoms with Crippen molar-refractivity contribution in [3.05, 3.63) is 54.7 Å². The summed E-state index contributed by atoms with van der Waals surface area (Å²) in [6.45, 7) is 0. The summed E-state index contributed by atoms with van der Waals surface area (Å²) in [7, 11) is 0. The molecule has 1 aromatic heterocycles. The monoisotopic (exact) mass is 326 g/mol. The lowest BCUT2D eigenvalue weighted by Gasteiger charge is -2.06. The molecule has 0 spiro atoms. The van der Waals surface area contributed by atoms with Crippen molar-refractivity contribution in [3.8, 4) is 0 Å². The van der Waals surface area contributed by atoms with Gasteiger partial charge >= 0.3 is 0 Å². The summed E-state index contributed by atoms with van der Waals surface area (Å²) in [5.74, 6) is 0.0977. The Morgan fingerprint density at radius 2 is 2.00 bits per heavy atom. The summed E-state index contributed by atoms with van der Waals surface area (Å²) in [6, 6.07) is 14.5. The number of nitrogens with zero attached hydrogens (tertiary/aromatic N) is 2. The molecule has 1 aromatic carbocycles. The lowest BCUT2D eigenvalue weighted by Crippen LogP contribution is -2.28. The predicted octanol–water partition coefficient (Wildman–Crippen LogP) is 2.33. The Hall–Kier alpha value is -2.67. The maximum atomic E-state index is 12.0. The topological polar surface area (TPSA) is 83.5 Å². The third-order valence-corrected chi connectivity index (χ3v) is 4.15. The first kappa shape index (κ1) is 15.2. The number of para-hydroxylation sites is 1. The molecule has 7 heteroatoms. The van der Waals surface area contributed by atoms with Crippen LogP contribution < -0.4 is 10.6 Å². The number of nitrogens with one attached hydrogen (secondary N) is 2. The van der Waals surface area contributed by atoms with Gasteiger partial charge in [0, 0.05) is 18.3 Å². The van der Waals surface area contributed by atoms with Gasteiger partial charge in [-0.2, -0.15) is 0 Å². The number of rotatable bonds is 4. The van der Waals surface area contributed by atoms with E-state index in [1.807, 2.05) is 24.3 Å². The Morgan fingerprint density at radius 1 is 1.22 bits per heavy atom. The maximum Gasteiger partial charge on any atom is 0.240 e. The summed E-state index contributed by atoms with van der Waals surface area (Å²) < 4.78 is 0. The fourth-order valence-corrected chi connectivity index (χ4v) is 2.99. The number of hydrogen-bond acceptors (Lipinski definition) is 5. The average Bonchev–Trinajstić information content (AvgIpc) is 2.88. The highest BCUT2D eigenvalue weighted by Gasteiger charge is 2.32. The average molecular weight is 326 g/mol. The number of pyridine rings is 1. The van der Waals surface area contributed by atoms with E-state index < -0.39 is 5.25 Å². The second-order valence-corrected chi connectivity index (χ2v) is 6.01. The van der Waals surface area contributed by atoms with Crippen molar-refractivity contribution in [2.24, 2.45) is 4.99 Å². The van der Waals surface area contributed by atoms with Gasteiger partial charge in [-0.25, -0.2) is 9.98 Å². The number of anilines is 1. The summed E-state index contributed by atoms with van der Waals surface area (Å²) in [4.78, 5) is 32.3. The molecule has 2 aromatic rings. The van der Waals surface area contributed by atoms with Crippen LogP contribution in [-0.2, 0) is 9.59 Å².